The summed E-state index contributed by atoms with van der Waals surface area (Å²) >= 11 is 0. The van der Waals surface area contributed by atoms with Crippen LogP contribution in [0.2, 0.25) is 0 Å². The van der Waals surface area contributed by atoms with Gasteiger partial charge in [0, 0.05) is 19.3 Å². The molecule has 0 heterocycles. The highest BCUT2D eigenvalue weighted by molar-refractivity contribution is 5.71. The van der Waals surface area contributed by atoms with Gasteiger partial charge in [-0.2, -0.15) is 0 Å². The van der Waals surface area contributed by atoms with E-state index in [0.717, 1.165) is 103 Å². The first-order valence-corrected chi connectivity index (χ1v) is 36.4. The summed E-state index contributed by atoms with van der Waals surface area (Å²) in [4.78, 5) is 38.4. The maximum absolute atomic E-state index is 12.9. The van der Waals surface area contributed by atoms with Crippen molar-refractivity contribution in [1.82, 2.24) is 0 Å². The van der Waals surface area contributed by atoms with Crippen LogP contribution in [0.15, 0.2) is 72.9 Å². The van der Waals surface area contributed by atoms with Crippen LogP contribution in [0.4, 0.5) is 0 Å². The van der Waals surface area contributed by atoms with Crippen molar-refractivity contribution in [2.24, 2.45) is 0 Å². The van der Waals surface area contributed by atoms with E-state index in [9.17, 15) is 14.4 Å². The van der Waals surface area contributed by atoms with Gasteiger partial charge in [0.05, 0.1) is 0 Å². The third-order valence-corrected chi connectivity index (χ3v) is 16.2. The maximum atomic E-state index is 12.9. The largest absolute Gasteiger partial charge is 0.462 e. The average Bonchev–Trinajstić information content (AvgIpc) is 3.48. The monoisotopic (exact) mass is 1160 g/mol. The summed E-state index contributed by atoms with van der Waals surface area (Å²) < 4.78 is 17.0. The molecule has 0 aromatic rings. The second-order valence-corrected chi connectivity index (χ2v) is 24.5. The van der Waals surface area contributed by atoms with Gasteiger partial charge in [0.25, 0.3) is 0 Å². The molecule has 0 radical (unpaired) electrons. The van der Waals surface area contributed by atoms with Crippen LogP contribution in [0.25, 0.3) is 0 Å². The molecule has 0 amide bonds. The van der Waals surface area contributed by atoms with Gasteiger partial charge < -0.3 is 14.2 Å². The van der Waals surface area contributed by atoms with Crippen molar-refractivity contribution in [2.45, 2.75) is 386 Å². The molecule has 0 bridgehead atoms. The Hall–Kier alpha value is -3.15. The first kappa shape index (κ1) is 79.8. The minimum atomic E-state index is -0.782. The van der Waals surface area contributed by atoms with Crippen molar-refractivity contribution < 1.29 is 28.6 Å². The Bertz CT molecular complexity index is 1520. The lowest BCUT2D eigenvalue weighted by atomic mass is 10.0. The molecule has 0 spiro atoms. The van der Waals surface area contributed by atoms with E-state index in [2.05, 4.69) is 93.7 Å². The van der Waals surface area contributed by atoms with Crippen molar-refractivity contribution in [2.75, 3.05) is 13.2 Å². The second-order valence-electron chi connectivity index (χ2n) is 24.5. The van der Waals surface area contributed by atoms with E-state index < -0.39 is 6.10 Å². The molecule has 1 atom stereocenters. The van der Waals surface area contributed by atoms with Crippen molar-refractivity contribution in [3.05, 3.63) is 72.9 Å². The molecule has 6 heteroatoms. The molecule has 6 nitrogen and oxygen atoms in total. The number of carbonyl (C=O) groups excluding carboxylic acids is 3. The molecule has 0 aliphatic rings. The summed E-state index contributed by atoms with van der Waals surface area (Å²) in [5.74, 6) is -0.873. The minimum Gasteiger partial charge on any atom is -0.462 e. The average molecular weight is 1160 g/mol. The van der Waals surface area contributed by atoms with Crippen molar-refractivity contribution in [3.63, 3.8) is 0 Å². The molecule has 482 valence electrons. The van der Waals surface area contributed by atoms with Crippen LogP contribution < -0.4 is 0 Å². The van der Waals surface area contributed by atoms with Crippen LogP contribution in [0, 0.1) is 0 Å². The second kappa shape index (κ2) is 71.3. The zero-order valence-corrected chi connectivity index (χ0v) is 55.5. The van der Waals surface area contributed by atoms with E-state index in [1.807, 2.05) is 0 Å². The normalized spacial score (nSPS) is 12.5. The molecule has 0 aliphatic heterocycles. The van der Waals surface area contributed by atoms with Gasteiger partial charge in [-0.3, -0.25) is 14.4 Å². The quantitative estimate of drug-likeness (QED) is 0.0261. The fourth-order valence-electron chi connectivity index (χ4n) is 10.7. The number of allylic oxidation sites excluding steroid dienone is 12. The van der Waals surface area contributed by atoms with Crippen molar-refractivity contribution >= 4 is 17.9 Å². The van der Waals surface area contributed by atoms with Crippen LogP contribution >= 0.6 is 0 Å². The van der Waals surface area contributed by atoms with Crippen LogP contribution in [0.1, 0.15) is 380 Å². The summed E-state index contributed by atoms with van der Waals surface area (Å²) in [6.07, 6.45) is 93.8. The van der Waals surface area contributed by atoms with Crippen molar-refractivity contribution in [1.29, 1.82) is 0 Å². The van der Waals surface area contributed by atoms with E-state index in [1.165, 1.54) is 238 Å². The fraction of sp³-hybridized carbons (Fsp3) is 0.805. The zero-order chi connectivity index (χ0) is 59.9. The first-order valence-electron chi connectivity index (χ1n) is 36.4. The Morgan fingerprint density at radius 2 is 0.482 bits per heavy atom. The highest BCUT2D eigenvalue weighted by atomic mass is 16.6. The number of unbranched alkanes of at least 4 members (excludes halogenated alkanes) is 44. The molecule has 1 unspecified atom stereocenters. The van der Waals surface area contributed by atoms with E-state index in [0.29, 0.717) is 19.3 Å². The molecule has 0 N–H and O–H groups in total. The highest BCUT2D eigenvalue weighted by Gasteiger charge is 2.19. The summed E-state index contributed by atoms with van der Waals surface area (Å²) in [7, 11) is 0. The Labute approximate surface area is 516 Å². The predicted octanol–water partition coefficient (Wildman–Crippen LogP) is 25.2. The number of ether oxygens (including phenoxy) is 3. The predicted molar refractivity (Wildman–Crippen MR) is 362 cm³/mol. The summed E-state index contributed by atoms with van der Waals surface area (Å²) in [5, 5.41) is 0. The fourth-order valence-corrected chi connectivity index (χ4v) is 10.7. The standard InChI is InChI=1S/C77H138O6/c1-4-7-10-13-16-19-22-24-26-28-30-32-34-36-37-38-39-41-42-44-46-48-50-52-55-58-61-64-67-70-76(79)82-73-74(72-81-75(78)69-66-63-60-57-54-21-18-15-12-9-6-3)83-77(80)71-68-65-62-59-56-53-51-49-47-45-43-40-35-33-31-29-27-25-23-20-17-14-11-8-5-2/h8,11,15,17-18,20,25,27,31,33,40,43,74H,4-7,9-10,12-14,16,19,21-24,26,28-30,32,34-39,41-42,44-73H2,1-3H3/b11-8-,18-15-,20-17-,27-25-,33-31-,43-40-. The number of hydrogen-bond donors (Lipinski definition) is 0. The molecule has 0 aromatic heterocycles. The molecular formula is C77H138O6. The van der Waals surface area contributed by atoms with E-state index in [1.54, 1.807) is 0 Å². The smallest absolute Gasteiger partial charge is 0.306 e. The van der Waals surface area contributed by atoms with Crippen molar-refractivity contribution in [3.8, 4) is 0 Å². The molecule has 0 fully saturated rings. The molecule has 0 aliphatic carbocycles. The third-order valence-electron chi connectivity index (χ3n) is 16.2. The first-order chi connectivity index (χ1) is 41.0. The SMILES string of the molecule is CC/C=C\C/C=C\C/C=C\C/C=C\C/C=C\CCCCCCCCCCCC(=O)OC(COC(=O)CCCCCCC/C=C\CCCC)COC(=O)CCCCCCCCCCCCCCCCCCCCCCCCCCCCCCC. The van der Waals surface area contributed by atoms with Gasteiger partial charge in [-0.15, -0.1) is 0 Å². The lowest BCUT2D eigenvalue weighted by Gasteiger charge is -2.18. The maximum Gasteiger partial charge on any atom is 0.306 e. The van der Waals surface area contributed by atoms with Gasteiger partial charge in [-0.25, -0.2) is 0 Å². The Kier molecular flexibility index (Phi) is 68.6. The molecule has 0 saturated heterocycles. The van der Waals surface area contributed by atoms with Gasteiger partial charge in [0.1, 0.15) is 13.2 Å². The molecular weight excluding hydrogens is 1020 g/mol. The lowest BCUT2D eigenvalue weighted by Crippen LogP contribution is -2.30. The van der Waals surface area contributed by atoms with E-state index in [4.69, 9.17) is 14.2 Å². The summed E-state index contributed by atoms with van der Waals surface area (Å²) in [6.45, 7) is 6.53. The Balaban J connectivity index is 4.17. The number of rotatable bonds is 67. The van der Waals surface area contributed by atoms with Gasteiger partial charge >= 0.3 is 17.9 Å². The molecule has 83 heavy (non-hydrogen) atoms. The van der Waals surface area contributed by atoms with Gasteiger partial charge in [0.15, 0.2) is 6.10 Å². The minimum absolute atomic E-state index is 0.0768. The van der Waals surface area contributed by atoms with Gasteiger partial charge in [0.2, 0.25) is 0 Å². The molecule has 0 aromatic carbocycles. The number of esters is 3. The molecule has 0 saturated carbocycles. The summed E-state index contributed by atoms with van der Waals surface area (Å²) in [6, 6.07) is 0. The lowest BCUT2D eigenvalue weighted by molar-refractivity contribution is -0.167. The van der Waals surface area contributed by atoms with Crippen LogP contribution in [0.3, 0.4) is 0 Å². The number of carbonyl (C=O) groups is 3. The van der Waals surface area contributed by atoms with E-state index in [-0.39, 0.29) is 31.1 Å². The van der Waals surface area contributed by atoms with Gasteiger partial charge in [-0.05, 0) is 83.5 Å². The Morgan fingerprint density at radius 1 is 0.253 bits per heavy atom. The molecule has 0 rings (SSSR count). The Morgan fingerprint density at radius 3 is 0.783 bits per heavy atom. The summed E-state index contributed by atoms with van der Waals surface area (Å²) in [5.41, 5.74) is 0. The third kappa shape index (κ3) is 69.5. The zero-order valence-electron chi connectivity index (χ0n) is 55.5. The van der Waals surface area contributed by atoms with Crippen LogP contribution in [-0.2, 0) is 28.6 Å². The van der Waals surface area contributed by atoms with Crippen LogP contribution in [0.5, 0.6) is 0 Å². The van der Waals surface area contributed by atoms with Crippen LogP contribution in [-0.4, -0.2) is 37.2 Å². The van der Waals surface area contributed by atoms with Gasteiger partial charge in [-0.1, -0.05) is 351 Å². The number of hydrogen-bond acceptors (Lipinski definition) is 6. The highest BCUT2D eigenvalue weighted by Crippen LogP contribution is 2.19. The van der Waals surface area contributed by atoms with E-state index >= 15 is 0 Å². The topological polar surface area (TPSA) is 78.9 Å².